The van der Waals surface area contributed by atoms with E-state index < -0.39 is 0 Å². The van der Waals surface area contributed by atoms with Gasteiger partial charge in [-0.05, 0) is 46.1 Å². The maximum Gasteiger partial charge on any atom is 0.0349 e. The van der Waals surface area contributed by atoms with E-state index >= 15 is 0 Å². The summed E-state index contributed by atoms with van der Waals surface area (Å²) in [6.07, 6.45) is 6.50. The van der Waals surface area contributed by atoms with Crippen molar-refractivity contribution in [1.82, 2.24) is 0 Å². The van der Waals surface area contributed by atoms with Crippen LogP contribution in [0.5, 0.6) is 0 Å². The van der Waals surface area contributed by atoms with Crippen molar-refractivity contribution in [3.05, 3.63) is 23.3 Å². The maximum atomic E-state index is 6.08. The average Bonchev–Trinajstić information content (AvgIpc) is 2.01. The number of rotatable bonds is 2. The van der Waals surface area contributed by atoms with E-state index in [1.54, 1.807) is 0 Å². The molecule has 0 amide bonds. The van der Waals surface area contributed by atoms with E-state index in [1.165, 1.54) is 11.1 Å². The molecule has 0 aliphatic heterocycles. The van der Waals surface area contributed by atoms with E-state index in [-0.39, 0.29) is 11.1 Å². The van der Waals surface area contributed by atoms with Gasteiger partial charge in [0, 0.05) is 11.1 Å². The third-order valence-corrected chi connectivity index (χ3v) is 2.68. The zero-order valence-electron chi connectivity index (χ0n) is 9.72. The monoisotopic (exact) mass is 194 g/mol. The fraction of sp³-hybridized carbons (Fsp3) is 0.667. The van der Waals surface area contributed by atoms with Crippen molar-refractivity contribution in [2.24, 2.45) is 11.5 Å². The van der Waals surface area contributed by atoms with E-state index in [4.69, 9.17) is 11.5 Å². The van der Waals surface area contributed by atoms with Gasteiger partial charge in [0.2, 0.25) is 0 Å². The van der Waals surface area contributed by atoms with Gasteiger partial charge < -0.3 is 11.5 Å². The molecular formula is C12H22N2. The van der Waals surface area contributed by atoms with Crippen molar-refractivity contribution < 1.29 is 0 Å². The van der Waals surface area contributed by atoms with Crippen LogP contribution in [-0.4, -0.2) is 11.1 Å². The maximum absolute atomic E-state index is 6.08. The molecule has 0 fully saturated rings. The first-order valence-corrected chi connectivity index (χ1v) is 5.21. The van der Waals surface area contributed by atoms with Gasteiger partial charge in [-0.25, -0.2) is 0 Å². The lowest BCUT2D eigenvalue weighted by Gasteiger charge is -2.30. The molecular weight excluding hydrogens is 172 g/mol. The lowest BCUT2D eigenvalue weighted by molar-refractivity contribution is 0.563. The standard InChI is InChI=1S/C12H22N2/c1-11(2,13)9-6-5-7-10(8-9)12(3,4)14/h6,8H,5,7,13-14H2,1-4H3. The molecule has 1 aliphatic rings. The molecule has 1 aliphatic carbocycles. The van der Waals surface area contributed by atoms with Crippen molar-refractivity contribution in [2.75, 3.05) is 0 Å². The third kappa shape index (κ3) is 2.69. The van der Waals surface area contributed by atoms with Gasteiger partial charge in [0.05, 0.1) is 0 Å². The van der Waals surface area contributed by atoms with Crippen LogP contribution in [0.15, 0.2) is 23.3 Å². The SMILES string of the molecule is CC(C)(N)C1=CCCC(C(C)(C)N)=C1. The number of allylic oxidation sites excluding steroid dienone is 1. The fourth-order valence-electron chi connectivity index (χ4n) is 1.66. The van der Waals surface area contributed by atoms with Crippen LogP contribution in [0.25, 0.3) is 0 Å². The second-order valence-corrected chi connectivity index (χ2v) is 5.31. The third-order valence-electron chi connectivity index (χ3n) is 2.68. The Morgan fingerprint density at radius 3 is 2.07 bits per heavy atom. The molecule has 0 radical (unpaired) electrons. The topological polar surface area (TPSA) is 52.0 Å². The summed E-state index contributed by atoms with van der Waals surface area (Å²) >= 11 is 0. The zero-order valence-corrected chi connectivity index (χ0v) is 9.72. The molecule has 4 N–H and O–H groups in total. The average molecular weight is 194 g/mol. The van der Waals surface area contributed by atoms with Gasteiger partial charge >= 0.3 is 0 Å². The lowest BCUT2D eigenvalue weighted by Crippen LogP contribution is -2.38. The molecule has 0 unspecified atom stereocenters. The van der Waals surface area contributed by atoms with Crippen LogP contribution in [0, 0.1) is 0 Å². The smallest absolute Gasteiger partial charge is 0.0349 e. The van der Waals surface area contributed by atoms with Gasteiger partial charge in [0.1, 0.15) is 0 Å². The summed E-state index contributed by atoms with van der Waals surface area (Å²) in [5, 5.41) is 0. The van der Waals surface area contributed by atoms with Gasteiger partial charge in [-0.15, -0.1) is 0 Å². The van der Waals surface area contributed by atoms with Crippen LogP contribution < -0.4 is 11.5 Å². The molecule has 14 heavy (non-hydrogen) atoms. The first-order valence-electron chi connectivity index (χ1n) is 5.21. The molecule has 80 valence electrons. The second-order valence-electron chi connectivity index (χ2n) is 5.31. The molecule has 2 heteroatoms. The van der Waals surface area contributed by atoms with Crippen molar-refractivity contribution >= 4 is 0 Å². The summed E-state index contributed by atoms with van der Waals surface area (Å²) < 4.78 is 0. The normalized spacial score (nSPS) is 19.0. The molecule has 0 aromatic heterocycles. The minimum Gasteiger partial charge on any atom is -0.322 e. The van der Waals surface area contributed by atoms with Crippen LogP contribution in [0.2, 0.25) is 0 Å². The minimum absolute atomic E-state index is 0.218. The Hall–Kier alpha value is -0.600. The van der Waals surface area contributed by atoms with Crippen LogP contribution in [0.3, 0.4) is 0 Å². The fourth-order valence-corrected chi connectivity index (χ4v) is 1.66. The highest BCUT2D eigenvalue weighted by Crippen LogP contribution is 2.28. The molecule has 0 aromatic rings. The van der Waals surface area contributed by atoms with Crippen molar-refractivity contribution in [2.45, 2.75) is 51.6 Å². The van der Waals surface area contributed by atoms with Crippen molar-refractivity contribution in [3.8, 4) is 0 Å². The summed E-state index contributed by atoms with van der Waals surface area (Å²) in [6.45, 7) is 8.15. The van der Waals surface area contributed by atoms with Crippen LogP contribution in [0.4, 0.5) is 0 Å². The molecule has 0 atom stereocenters. The molecule has 0 heterocycles. The molecule has 0 spiro atoms. The number of hydrogen-bond acceptors (Lipinski definition) is 2. The van der Waals surface area contributed by atoms with E-state index in [1.807, 2.05) is 27.7 Å². The number of hydrogen-bond donors (Lipinski definition) is 2. The predicted octanol–water partition coefficient (Wildman–Crippen LogP) is 2.11. The summed E-state index contributed by atoms with van der Waals surface area (Å²) in [5.41, 5.74) is 14.2. The molecule has 0 aromatic carbocycles. The summed E-state index contributed by atoms with van der Waals surface area (Å²) in [5.74, 6) is 0. The van der Waals surface area contributed by atoms with Gasteiger partial charge in [-0.1, -0.05) is 17.7 Å². The molecule has 2 nitrogen and oxygen atoms in total. The Labute approximate surface area is 87.0 Å². The largest absolute Gasteiger partial charge is 0.322 e. The molecule has 0 saturated carbocycles. The molecule has 1 rings (SSSR count). The highest BCUT2D eigenvalue weighted by atomic mass is 14.7. The Bertz CT molecular complexity index is 272. The van der Waals surface area contributed by atoms with Gasteiger partial charge in [-0.3, -0.25) is 0 Å². The van der Waals surface area contributed by atoms with Gasteiger partial charge in [0.15, 0.2) is 0 Å². The predicted molar refractivity (Wildman–Crippen MR) is 61.9 cm³/mol. The lowest BCUT2D eigenvalue weighted by atomic mass is 9.82. The van der Waals surface area contributed by atoms with E-state index in [0.29, 0.717) is 0 Å². The Morgan fingerprint density at radius 2 is 1.64 bits per heavy atom. The Kier molecular flexibility index (Phi) is 2.88. The van der Waals surface area contributed by atoms with E-state index in [2.05, 4.69) is 12.2 Å². The van der Waals surface area contributed by atoms with Crippen LogP contribution >= 0.6 is 0 Å². The first kappa shape index (κ1) is 11.5. The minimum atomic E-state index is -0.253. The summed E-state index contributed by atoms with van der Waals surface area (Å²) in [7, 11) is 0. The van der Waals surface area contributed by atoms with Crippen LogP contribution in [0.1, 0.15) is 40.5 Å². The van der Waals surface area contributed by atoms with E-state index in [9.17, 15) is 0 Å². The quantitative estimate of drug-likeness (QED) is 0.707. The zero-order chi connectivity index (χ0) is 11.0. The highest BCUT2D eigenvalue weighted by molar-refractivity contribution is 5.38. The van der Waals surface area contributed by atoms with Crippen LogP contribution in [-0.2, 0) is 0 Å². The van der Waals surface area contributed by atoms with Crippen molar-refractivity contribution in [3.63, 3.8) is 0 Å². The number of nitrogens with two attached hydrogens (primary N) is 2. The highest BCUT2D eigenvalue weighted by Gasteiger charge is 2.23. The Morgan fingerprint density at radius 1 is 1.07 bits per heavy atom. The second kappa shape index (κ2) is 3.52. The van der Waals surface area contributed by atoms with Gasteiger partial charge in [-0.2, -0.15) is 0 Å². The Balaban J connectivity index is 2.95. The summed E-state index contributed by atoms with van der Waals surface area (Å²) in [4.78, 5) is 0. The molecule has 0 bridgehead atoms. The summed E-state index contributed by atoms with van der Waals surface area (Å²) in [6, 6.07) is 0. The van der Waals surface area contributed by atoms with Gasteiger partial charge in [0.25, 0.3) is 0 Å². The van der Waals surface area contributed by atoms with E-state index in [0.717, 1.165) is 12.8 Å². The first-order chi connectivity index (χ1) is 6.21. The van der Waals surface area contributed by atoms with Crippen molar-refractivity contribution in [1.29, 1.82) is 0 Å². The molecule has 0 saturated heterocycles.